The lowest BCUT2D eigenvalue weighted by Gasteiger charge is -2.30. The zero-order chi connectivity index (χ0) is 14.0. The predicted octanol–water partition coefficient (Wildman–Crippen LogP) is 2.77. The zero-order valence-corrected chi connectivity index (χ0v) is 11.6. The zero-order valence-electron chi connectivity index (χ0n) is 11.6. The van der Waals surface area contributed by atoms with Crippen molar-refractivity contribution in [1.29, 1.82) is 0 Å². The smallest absolute Gasteiger partial charge is 0.214 e. The van der Waals surface area contributed by atoms with Gasteiger partial charge in [0.25, 0.3) is 0 Å². The van der Waals surface area contributed by atoms with Gasteiger partial charge in [0.05, 0.1) is 12.4 Å². The maximum atomic E-state index is 12.2. The summed E-state index contributed by atoms with van der Waals surface area (Å²) in [6.07, 6.45) is 8.82. The van der Waals surface area contributed by atoms with Crippen LogP contribution in [0.25, 0.3) is 0 Å². The molecule has 18 heavy (non-hydrogen) atoms. The topological polar surface area (TPSA) is 32.3 Å². The fraction of sp³-hybridized carbons (Fsp3) is 0.500. The van der Waals surface area contributed by atoms with Crippen LogP contribution in [0.3, 0.4) is 0 Å². The maximum Gasteiger partial charge on any atom is 0.214 e. The number of amides is 1. The number of carbonyl (C=O) groups excluding carboxylic acids is 1. The first-order valence-electron chi connectivity index (χ1n) is 6.16. The lowest BCUT2D eigenvalue weighted by atomic mass is 10.1. The summed E-state index contributed by atoms with van der Waals surface area (Å²) in [5, 5.41) is 3.09. The van der Waals surface area contributed by atoms with Crippen LogP contribution in [-0.4, -0.2) is 30.4 Å². The van der Waals surface area contributed by atoms with Gasteiger partial charge >= 0.3 is 0 Å². The Bertz CT molecular complexity index is 324. The van der Waals surface area contributed by atoms with E-state index in [-0.39, 0.29) is 12.1 Å². The molecule has 0 aromatic heterocycles. The Morgan fingerprint density at radius 3 is 2.56 bits per heavy atom. The fourth-order valence-electron chi connectivity index (χ4n) is 1.64. The van der Waals surface area contributed by atoms with Crippen molar-refractivity contribution in [3.8, 4) is 0 Å². The number of rotatable bonds is 8. The lowest BCUT2D eigenvalue weighted by molar-refractivity contribution is -0.118. The Labute approximate surface area is 109 Å². The maximum absolute atomic E-state index is 12.2. The highest BCUT2D eigenvalue weighted by molar-refractivity contribution is 5.53. The summed E-state index contributed by atoms with van der Waals surface area (Å²) in [7, 11) is 1.80. The molecule has 0 heterocycles. The molecule has 0 aliphatic heterocycles. The number of halogens is 1. The molecule has 1 amide bonds. The van der Waals surface area contributed by atoms with Crippen LogP contribution in [-0.2, 0) is 4.79 Å². The molecule has 1 N–H and O–H groups in total. The molecule has 4 heteroatoms. The lowest BCUT2D eigenvalue weighted by Crippen LogP contribution is -2.39. The highest BCUT2D eigenvalue weighted by Gasteiger charge is 2.19. The van der Waals surface area contributed by atoms with E-state index in [0.717, 1.165) is 18.5 Å². The Hall–Kier alpha value is -1.42. The first kappa shape index (κ1) is 16.6. The summed E-state index contributed by atoms with van der Waals surface area (Å²) >= 11 is 0. The van der Waals surface area contributed by atoms with Gasteiger partial charge in [-0.05, 0) is 39.5 Å². The van der Waals surface area contributed by atoms with Crippen LogP contribution in [0, 0.1) is 0 Å². The Balaban J connectivity index is 5.37. The minimum atomic E-state index is -0.120. The van der Waals surface area contributed by atoms with Crippen molar-refractivity contribution in [2.45, 2.75) is 39.3 Å². The largest absolute Gasteiger partial charge is 0.314 e. The highest BCUT2D eigenvalue weighted by atomic mass is 19.1. The number of hydrogen-bond acceptors (Lipinski definition) is 2. The molecular formula is C14H23FN2O. The molecule has 0 aliphatic rings. The minimum Gasteiger partial charge on any atom is -0.314 e. The third kappa shape index (κ3) is 4.84. The molecule has 0 saturated heterocycles. The quantitative estimate of drug-likeness (QED) is 0.410. The van der Waals surface area contributed by atoms with Crippen molar-refractivity contribution in [2.24, 2.45) is 0 Å². The molecule has 0 bridgehead atoms. The first-order valence-corrected chi connectivity index (χ1v) is 6.16. The number of nitrogens with one attached hydrogen (secondary N) is 1. The second-order valence-electron chi connectivity index (χ2n) is 3.97. The molecular weight excluding hydrogens is 231 g/mol. The van der Waals surface area contributed by atoms with Gasteiger partial charge in [0.2, 0.25) is 6.41 Å². The Morgan fingerprint density at radius 2 is 2.17 bits per heavy atom. The van der Waals surface area contributed by atoms with Crippen molar-refractivity contribution >= 4 is 6.41 Å². The van der Waals surface area contributed by atoms with Crippen molar-refractivity contribution < 1.29 is 9.18 Å². The molecule has 0 saturated carbocycles. The van der Waals surface area contributed by atoms with Crippen molar-refractivity contribution in [3.63, 3.8) is 0 Å². The molecule has 0 aliphatic carbocycles. The van der Waals surface area contributed by atoms with Crippen LogP contribution in [0.4, 0.5) is 4.39 Å². The van der Waals surface area contributed by atoms with E-state index in [9.17, 15) is 9.18 Å². The number of likely N-dealkylation sites (N-methyl/N-ethyl adjacent to an activating group) is 1. The Kier molecular flexibility index (Phi) is 8.84. The molecule has 2 unspecified atom stereocenters. The average molecular weight is 254 g/mol. The number of nitrogens with zero attached hydrogens (tertiary/aromatic N) is 1. The molecule has 0 spiro atoms. The van der Waals surface area contributed by atoms with Crippen LogP contribution < -0.4 is 5.32 Å². The van der Waals surface area contributed by atoms with Crippen molar-refractivity contribution in [1.82, 2.24) is 10.2 Å². The van der Waals surface area contributed by atoms with E-state index in [4.69, 9.17) is 0 Å². The number of hydrogen-bond donors (Lipinski definition) is 1. The summed E-state index contributed by atoms with van der Waals surface area (Å²) in [4.78, 5) is 12.9. The van der Waals surface area contributed by atoms with E-state index in [2.05, 4.69) is 5.32 Å². The van der Waals surface area contributed by atoms with E-state index in [1.165, 1.54) is 6.08 Å². The monoisotopic (exact) mass is 254 g/mol. The van der Waals surface area contributed by atoms with E-state index in [0.29, 0.717) is 6.33 Å². The summed E-state index contributed by atoms with van der Waals surface area (Å²) < 4.78 is 12.2. The summed E-state index contributed by atoms with van der Waals surface area (Å²) in [5.74, 6) is 0. The molecule has 3 nitrogen and oxygen atoms in total. The van der Waals surface area contributed by atoms with Crippen LogP contribution in [0.1, 0.15) is 27.2 Å². The fourth-order valence-corrected chi connectivity index (χ4v) is 1.64. The summed E-state index contributed by atoms with van der Waals surface area (Å²) in [5.41, 5.74) is 0.730. The molecule has 0 radical (unpaired) electrons. The first-order chi connectivity index (χ1) is 8.65. The molecule has 2 atom stereocenters. The van der Waals surface area contributed by atoms with Gasteiger partial charge in [-0.2, -0.15) is 0 Å². The third-order valence-electron chi connectivity index (χ3n) is 2.83. The molecule has 102 valence electrons. The SMILES string of the molecule is CC=CC(NC)/C(=C\C=C\F)N(C=O)C(C)CC. The van der Waals surface area contributed by atoms with Gasteiger partial charge in [-0.15, -0.1) is 0 Å². The third-order valence-corrected chi connectivity index (χ3v) is 2.83. The minimum absolute atomic E-state index is 0.0721. The standard InChI is InChI=1S/C14H23FN2O/c1-5-8-13(16-4)14(9-7-10-15)17(11-18)12(3)6-2/h5,7-13,16H,6H2,1-4H3/b8-5?,10-7+,14-9+. The van der Waals surface area contributed by atoms with E-state index in [1.54, 1.807) is 18.0 Å². The van der Waals surface area contributed by atoms with Gasteiger partial charge < -0.3 is 10.2 Å². The van der Waals surface area contributed by atoms with Gasteiger partial charge in [0.1, 0.15) is 0 Å². The van der Waals surface area contributed by atoms with Crippen molar-refractivity contribution in [3.05, 3.63) is 36.3 Å². The van der Waals surface area contributed by atoms with Gasteiger partial charge in [-0.25, -0.2) is 4.39 Å². The predicted molar refractivity (Wildman–Crippen MR) is 73.6 cm³/mol. The van der Waals surface area contributed by atoms with Crippen molar-refractivity contribution in [2.75, 3.05) is 7.05 Å². The van der Waals surface area contributed by atoms with Crippen LogP contribution in [0.15, 0.2) is 36.3 Å². The van der Waals surface area contributed by atoms with Gasteiger partial charge in [-0.1, -0.05) is 19.1 Å². The number of allylic oxidation sites excluding steroid dienone is 3. The highest BCUT2D eigenvalue weighted by Crippen LogP contribution is 2.15. The van der Waals surface area contributed by atoms with Crippen LogP contribution in [0.2, 0.25) is 0 Å². The summed E-state index contributed by atoms with van der Waals surface area (Å²) in [6, 6.07) is -0.0479. The Morgan fingerprint density at radius 1 is 1.50 bits per heavy atom. The second kappa shape index (κ2) is 9.59. The van der Waals surface area contributed by atoms with E-state index >= 15 is 0 Å². The molecule has 0 rings (SSSR count). The van der Waals surface area contributed by atoms with Gasteiger partial charge in [-0.3, -0.25) is 4.79 Å². The second-order valence-corrected chi connectivity index (χ2v) is 3.97. The molecule has 0 aromatic rings. The van der Waals surface area contributed by atoms with E-state index < -0.39 is 0 Å². The van der Waals surface area contributed by atoms with Gasteiger partial charge in [0.15, 0.2) is 0 Å². The molecule has 0 fully saturated rings. The van der Waals surface area contributed by atoms with E-state index in [1.807, 2.05) is 32.9 Å². The van der Waals surface area contributed by atoms with Crippen LogP contribution in [0.5, 0.6) is 0 Å². The normalized spacial score (nSPS) is 16.2. The molecule has 0 aromatic carbocycles. The van der Waals surface area contributed by atoms with Crippen LogP contribution >= 0.6 is 0 Å². The average Bonchev–Trinajstić information content (AvgIpc) is 2.40. The van der Waals surface area contributed by atoms with Gasteiger partial charge in [0, 0.05) is 11.7 Å². The number of carbonyl (C=O) groups is 1. The summed E-state index contributed by atoms with van der Waals surface area (Å²) in [6.45, 7) is 5.87.